The van der Waals surface area contributed by atoms with Crippen LogP contribution < -0.4 is 25.8 Å². The third-order valence-electron chi connectivity index (χ3n) is 6.01. The Bertz CT molecular complexity index is 1550. The molecular formula is C24H23ClN8O3. The number of para-hydroxylation sites is 1. The number of rotatable bonds is 7. The van der Waals surface area contributed by atoms with Crippen molar-refractivity contribution in [3.63, 3.8) is 0 Å². The zero-order chi connectivity index (χ0) is 25.4. The maximum absolute atomic E-state index is 12.8. The minimum Gasteiger partial charge on any atom is -0.493 e. The lowest BCUT2D eigenvalue weighted by Gasteiger charge is -2.40. The highest BCUT2D eigenvalue weighted by atomic mass is 35.5. The fraction of sp³-hybridized carbons (Fsp3) is 0.250. The van der Waals surface area contributed by atoms with Crippen LogP contribution in [0.15, 0.2) is 41.2 Å². The maximum Gasteiger partial charge on any atom is 0.277 e. The predicted octanol–water partition coefficient (Wildman–Crippen LogP) is 3.51. The molecule has 1 aliphatic heterocycles. The number of aryl methyl sites for hydroxylation is 1. The second kappa shape index (κ2) is 9.41. The molecule has 0 atom stereocenters. The Morgan fingerprint density at radius 2 is 1.94 bits per heavy atom. The van der Waals surface area contributed by atoms with Crippen molar-refractivity contribution in [3.8, 4) is 11.8 Å². The van der Waals surface area contributed by atoms with Gasteiger partial charge in [-0.3, -0.25) is 14.6 Å². The van der Waals surface area contributed by atoms with Crippen molar-refractivity contribution in [2.24, 2.45) is 7.05 Å². The molecule has 5 rings (SSSR count). The van der Waals surface area contributed by atoms with Crippen LogP contribution in [0, 0.1) is 11.3 Å². The predicted molar refractivity (Wildman–Crippen MR) is 138 cm³/mol. The first kappa shape index (κ1) is 23.5. The third kappa shape index (κ3) is 4.17. The zero-order valence-electron chi connectivity index (χ0n) is 19.8. The van der Waals surface area contributed by atoms with Gasteiger partial charge in [0, 0.05) is 33.3 Å². The molecule has 11 nitrogen and oxygen atoms in total. The summed E-state index contributed by atoms with van der Waals surface area (Å²) < 4.78 is 12.1. The van der Waals surface area contributed by atoms with E-state index in [9.17, 15) is 10.1 Å². The molecule has 1 aromatic carbocycles. The van der Waals surface area contributed by atoms with Crippen LogP contribution in [0.25, 0.3) is 11.0 Å². The van der Waals surface area contributed by atoms with E-state index < -0.39 is 0 Å². The Morgan fingerprint density at radius 1 is 1.14 bits per heavy atom. The highest BCUT2D eigenvalue weighted by Crippen LogP contribution is 2.36. The number of nitrogens with one attached hydrogen (secondary N) is 3. The van der Waals surface area contributed by atoms with E-state index in [1.807, 2.05) is 11.0 Å². The highest BCUT2D eigenvalue weighted by Gasteiger charge is 2.28. The van der Waals surface area contributed by atoms with Gasteiger partial charge in [-0.1, -0.05) is 17.7 Å². The van der Waals surface area contributed by atoms with Crippen LogP contribution >= 0.6 is 11.6 Å². The van der Waals surface area contributed by atoms with E-state index in [0.717, 1.165) is 5.69 Å². The third-order valence-corrected chi connectivity index (χ3v) is 6.31. The zero-order valence-corrected chi connectivity index (χ0v) is 20.6. The molecule has 4 heterocycles. The number of nitrogens with zero attached hydrogens (tertiary/aromatic N) is 5. The molecule has 0 amide bonds. The SMILES string of the molecule is COc1c(Cl)cccc1Nc1cc(Nc2ccc(N3CC(OC)C3)c(C#N)n2)nc2[nH]n(C)c(=O)c12. The number of H-pyrrole nitrogens is 1. The van der Waals surface area contributed by atoms with Gasteiger partial charge >= 0.3 is 0 Å². The van der Waals surface area contributed by atoms with Crippen LogP contribution in [-0.2, 0) is 11.8 Å². The Morgan fingerprint density at radius 3 is 2.67 bits per heavy atom. The monoisotopic (exact) mass is 506 g/mol. The molecule has 1 saturated heterocycles. The lowest BCUT2D eigenvalue weighted by molar-refractivity contribution is 0.0787. The van der Waals surface area contributed by atoms with E-state index in [0.29, 0.717) is 63.6 Å². The number of ether oxygens (including phenoxy) is 2. The summed E-state index contributed by atoms with van der Waals surface area (Å²) in [7, 11) is 4.81. The average Bonchev–Trinajstić information content (AvgIpc) is 3.12. The minimum atomic E-state index is -0.245. The molecule has 36 heavy (non-hydrogen) atoms. The molecule has 0 unspecified atom stereocenters. The molecular weight excluding hydrogens is 484 g/mol. The summed E-state index contributed by atoms with van der Waals surface area (Å²) in [6.07, 6.45) is 0.155. The average molecular weight is 507 g/mol. The number of hydrogen-bond donors (Lipinski definition) is 3. The fourth-order valence-corrected chi connectivity index (χ4v) is 4.37. The van der Waals surface area contributed by atoms with E-state index >= 15 is 0 Å². The Kier molecular flexibility index (Phi) is 6.13. The lowest BCUT2D eigenvalue weighted by atomic mass is 10.1. The van der Waals surface area contributed by atoms with E-state index in [1.54, 1.807) is 44.5 Å². The van der Waals surface area contributed by atoms with E-state index in [2.05, 4.69) is 31.8 Å². The van der Waals surface area contributed by atoms with Gasteiger partial charge in [0.15, 0.2) is 17.1 Å². The van der Waals surface area contributed by atoms with E-state index in [-0.39, 0.29) is 11.7 Å². The molecule has 0 spiro atoms. The largest absolute Gasteiger partial charge is 0.493 e. The molecule has 0 radical (unpaired) electrons. The van der Waals surface area contributed by atoms with Crippen molar-refractivity contribution < 1.29 is 9.47 Å². The molecule has 0 bridgehead atoms. The first-order valence-corrected chi connectivity index (χ1v) is 11.4. The maximum atomic E-state index is 12.8. The van der Waals surface area contributed by atoms with Gasteiger partial charge in [0.1, 0.15) is 23.1 Å². The van der Waals surface area contributed by atoms with Crippen molar-refractivity contribution in [1.82, 2.24) is 19.7 Å². The number of fused-ring (bicyclic) bond motifs is 1. The van der Waals surface area contributed by atoms with Gasteiger partial charge < -0.3 is 25.0 Å². The van der Waals surface area contributed by atoms with Crippen molar-refractivity contribution >= 4 is 51.3 Å². The molecule has 3 aromatic heterocycles. The number of halogens is 1. The number of anilines is 5. The summed E-state index contributed by atoms with van der Waals surface area (Å²) in [4.78, 5) is 23.9. The second-order valence-corrected chi connectivity index (χ2v) is 8.67. The van der Waals surface area contributed by atoms with Gasteiger partial charge in [-0.25, -0.2) is 9.97 Å². The van der Waals surface area contributed by atoms with Crippen LogP contribution in [-0.4, -0.2) is 53.2 Å². The number of hydrogen-bond acceptors (Lipinski definition) is 9. The molecule has 1 fully saturated rings. The van der Waals surface area contributed by atoms with Gasteiger partial charge in [-0.15, -0.1) is 0 Å². The summed E-state index contributed by atoms with van der Waals surface area (Å²) in [5.41, 5.74) is 2.26. The van der Waals surface area contributed by atoms with Crippen LogP contribution in [0.2, 0.25) is 5.02 Å². The van der Waals surface area contributed by atoms with Crippen LogP contribution in [0.1, 0.15) is 5.69 Å². The second-order valence-electron chi connectivity index (χ2n) is 8.26. The van der Waals surface area contributed by atoms with Crippen molar-refractivity contribution in [2.75, 3.05) is 42.8 Å². The number of aromatic amines is 1. The van der Waals surface area contributed by atoms with Crippen molar-refractivity contribution in [2.45, 2.75) is 6.10 Å². The smallest absolute Gasteiger partial charge is 0.277 e. The normalized spacial score (nSPS) is 13.4. The summed E-state index contributed by atoms with van der Waals surface area (Å²) in [5, 5.41) is 19.8. The molecule has 12 heteroatoms. The highest BCUT2D eigenvalue weighted by molar-refractivity contribution is 6.32. The molecule has 0 aliphatic carbocycles. The molecule has 1 aliphatic rings. The minimum absolute atomic E-state index is 0.155. The number of methoxy groups -OCH3 is 2. The fourth-order valence-electron chi connectivity index (χ4n) is 4.12. The standard InChI is InChI=1S/C24H23ClN8O3/c1-32-24(34)21-16(27-15-6-4-5-14(25)22(15)36-3)9-20(30-23(21)31-32)29-19-8-7-18(17(10-26)28-19)33-11-13(12-33)35-2/h4-9,13H,11-12H2,1-3H3,(H3,27,28,29,30,31). The first-order chi connectivity index (χ1) is 17.4. The van der Waals surface area contributed by atoms with Gasteiger partial charge in [0.25, 0.3) is 5.56 Å². The lowest BCUT2D eigenvalue weighted by Crippen LogP contribution is -2.52. The summed E-state index contributed by atoms with van der Waals surface area (Å²) in [6.45, 7) is 1.42. The van der Waals surface area contributed by atoms with Gasteiger partial charge in [0.2, 0.25) is 0 Å². The van der Waals surface area contributed by atoms with E-state index in [1.165, 1.54) is 11.8 Å². The van der Waals surface area contributed by atoms with Crippen LogP contribution in [0.5, 0.6) is 5.75 Å². The number of pyridine rings is 2. The summed E-state index contributed by atoms with van der Waals surface area (Å²) in [5.74, 6) is 1.31. The molecule has 4 aromatic rings. The summed E-state index contributed by atoms with van der Waals surface area (Å²) >= 11 is 6.28. The van der Waals surface area contributed by atoms with Gasteiger partial charge in [-0.05, 0) is 24.3 Å². The number of aromatic nitrogens is 4. The van der Waals surface area contributed by atoms with Crippen molar-refractivity contribution in [1.29, 1.82) is 5.26 Å². The molecule has 0 saturated carbocycles. The molecule has 184 valence electrons. The van der Waals surface area contributed by atoms with Crippen molar-refractivity contribution in [3.05, 3.63) is 57.5 Å². The quantitative estimate of drug-likeness (QED) is 0.344. The van der Waals surface area contributed by atoms with Gasteiger partial charge in [-0.2, -0.15) is 5.26 Å². The summed E-state index contributed by atoms with van der Waals surface area (Å²) in [6, 6.07) is 12.8. The van der Waals surface area contributed by atoms with Crippen LogP contribution in [0.4, 0.5) is 28.7 Å². The number of nitriles is 1. The van der Waals surface area contributed by atoms with Crippen LogP contribution in [0.3, 0.4) is 0 Å². The topological polar surface area (TPSA) is 133 Å². The Balaban J connectivity index is 1.51. The molecule has 3 N–H and O–H groups in total. The number of benzene rings is 1. The van der Waals surface area contributed by atoms with Gasteiger partial charge in [0.05, 0.1) is 35.3 Å². The van der Waals surface area contributed by atoms with E-state index in [4.69, 9.17) is 21.1 Å². The Labute approximate surface area is 211 Å². The Hall–Kier alpha value is -4.27. The first-order valence-electron chi connectivity index (χ1n) is 11.1.